The fourth-order valence-electron chi connectivity index (χ4n) is 1.48. The van der Waals surface area contributed by atoms with E-state index in [0.29, 0.717) is 6.07 Å². The summed E-state index contributed by atoms with van der Waals surface area (Å²) >= 11 is 0. The molecule has 0 aromatic heterocycles. The summed E-state index contributed by atoms with van der Waals surface area (Å²) in [5.41, 5.74) is -0.494. The van der Waals surface area contributed by atoms with Gasteiger partial charge in [-0.25, -0.2) is 18.4 Å². The molecule has 2 rings (SSSR count). The Kier molecular flexibility index (Phi) is 4.46. The van der Waals surface area contributed by atoms with Crippen LogP contribution in [0.2, 0.25) is 0 Å². The van der Waals surface area contributed by atoms with E-state index in [9.17, 15) is 23.2 Å². The van der Waals surface area contributed by atoms with Gasteiger partial charge in [0.15, 0.2) is 6.61 Å². The molecule has 1 aromatic rings. The minimum atomic E-state index is -1.12. The zero-order valence-corrected chi connectivity index (χ0v) is 10.8. The lowest BCUT2D eigenvalue weighted by atomic mass is 10.2. The highest BCUT2D eigenvalue weighted by Gasteiger charge is 2.24. The average molecular weight is 298 g/mol. The Labute approximate surface area is 118 Å². The molecule has 0 atom stereocenters. The Morgan fingerprint density at radius 1 is 1.24 bits per heavy atom. The van der Waals surface area contributed by atoms with Crippen molar-refractivity contribution in [2.24, 2.45) is 0 Å². The van der Waals surface area contributed by atoms with Gasteiger partial charge >= 0.3 is 12.0 Å². The summed E-state index contributed by atoms with van der Waals surface area (Å²) in [6.45, 7) is -0.742. The van der Waals surface area contributed by atoms with E-state index in [1.165, 1.54) is 0 Å². The van der Waals surface area contributed by atoms with E-state index in [0.717, 1.165) is 25.0 Å². The number of ether oxygens (including phenoxy) is 1. The number of carbonyl (C=O) groups is 3. The Morgan fingerprint density at radius 2 is 1.95 bits per heavy atom. The largest absolute Gasteiger partial charge is 0.452 e. The number of hydrogen-bond donors (Lipinski definition) is 2. The molecule has 0 saturated heterocycles. The Morgan fingerprint density at radius 3 is 2.57 bits per heavy atom. The number of hydrogen-bond acceptors (Lipinski definition) is 4. The molecule has 1 aliphatic carbocycles. The van der Waals surface area contributed by atoms with E-state index in [1.54, 1.807) is 0 Å². The van der Waals surface area contributed by atoms with E-state index in [2.05, 4.69) is 10.1 Å². The van der Waals surface area contributed by atoms with Crippen molar-refractivity contribution in [1.29, 1.82) is 0 Å². The molecule has 3 amide bonds. The number of urea groups is 1. The van der Waals surface area contributed by atoms with Gasteiger partial charge < -0.3 is 10.1 Å². The summed E-state index contributed by atoms with van der Waals surface area (Å²) < 4.78 is 30.5. The Balaban J connectivity index is 1.79. The summed E-state index contributed by atoms with van der Waals surface area (Å²) in [6, 6.07) is 1.73. The minimum Gasteiger partial charge on any atom is -0.452 e. The lowest BCUT2D eigenvalue weighted by Crippen LogP contribution is -2.42. The Bertz CT molecular complexity index is 588. The fraction of sp³-hybridized carbons (Fsp3) is 0.308. The first kappa shape index (κ1) is 14.9. The third-order valence-electron chi connectivity index (χ3n) is 2.65. The highest BCUT2D eigenvalue weighted by molar-refractivity contribution is 5.97. The SMILES string of the molecule is O=C(COC(=O)c1ccc(F)cc1F)NC(=O)NC1CC1. The van der Waals surface area contributed by atoms with Crippen LogP contribution >= 0.6 is 0 Å². The lowest BCUT2D eigenvalue weighted by molar-refractivity contribution is -0.123. The number of imide groups is 1. The molecule has 8 heteroatoms. The number of esters is 1. The van der Waals surface area contributed by atoms with Crippen LogP contribution < -0.4 is 10.6 Å². The van der Waals surface area contributed by atoms with E-state index in [4.69, 9.17) is 0 Å². The van der Waals surface area contributed by atoms with Crippen molar-refractivity contribution >= 4 is 17.9 Å². The maximum atomic E-state index is 13.3. The second kappa shape index (κ2) is 6.29. The predicted octanol–water partition coefficient (Wildman–Crippen LogP) is 1.11. The van der Waals surface area contributed by atoms with Crippen LogP contribution in [0, 0.1) is 11.6 Å². The van der Waals surface area contributed by atoms with Gasteiger partial charge in [-0.15, -0.1) is 0 Å². The van der Waals surface area contributed by atoms with Crippen LogP contribution in [0.3, 0.4) is 0 Å². The first-order valence-electron chi connectivity index (χ1n) is 6.18. The van der Waals surface area contributed by atoms with Gasteiger partial charge in [0, 0.05) is 12.1 Å². The van der Waals surface area contributed by atoms with Crippen LogP contribution in [0.25, 0.3) is 0 Å². The van der Waals surface area contributed by atoms with Gasteiger partial charge in [0.05, 0.1) is 5.56 Å². The van der Waals surface area contributed by atoms with Crippen LogP contribution in [-0.4, -0.2) is 30.6 Å². The third kappa shape index (κ3) is 4.51. The second-order valence-corrected chi connectivity index (χ2v) is 4.50. The van der Waals surface area contributed by atoms with Gasteiger partial charge in [-0.2, -0.15) is 0 Å². The predicted molar refractivity (Wildman–Crippen MR) is 66.3 cm³/mol. The first-order valence-corrected chi connectivity index (χ1v) is 6.18. The van der Waals surface area contributed by atoms with Gasteiger partial charge in [0.25, 0.3) is 5.91 Å². The molecule has 2 N–H and O–H groups in total. The molecule has 0 unspecified atom stereocenters. The van der Waals surface area contributed by atoms with E-state index in [1.807, 2.05) is 5.32 Å². The topological polar surface area (TPSA) is 84.5 Å². The molecule has 112 valence electrons. The van der Waals surface area contributed by atoms with Crippen LogP contribution in [0.4, 0.5) is 13.6 Å². The maximum absolute atomic E-state index is 13.3. The molecular weight excluding hydrogens is 286 g/mol. The van der Waals surface area contributed by atoms with E-state index >= 15 is 0 Å². The van der Waals surface area contributed by atoms with Crippen molar-refractivity contribution < 1.29 is 27.9 Å². The van der Waals surface area contributed by atoms with Gasteiger partial charge in [0.1, 0.15) is 11.6 Å². The molecule has 1 saturated carbocycles. The zero-order valence-electron chi connectivity index (χ0n) is 10.8. The molecule has 0 bridgehead atoms. The normalized spacial score (nSPS) is 13.4. The summed E-state index contributed by atoms with van der Waals surface area (Å²) in [4.78, 5) is 34.0. The lowest BCUT2D eigenvalue weighted by Gasteiger charge is -2.07. The maximum Gasteiger partial charge on any atom is 0.341 e. The van der Waals surface area contributed by atoms with Gasteiger partial charge in [-0.05, 0) is 25.0 Å². The van der Waals surface area contributed by atoms with Gasteiger partial charge in [0.2, 0.25) is 0 Å². The van der Waals surface area contributed by atoms with Crippen molar-refractivity contribution in [1.82, 2.24) is 10.6 Å². The van der Waals surface area contributed by atoms with Crippen molar-refractivity contribution in [2.75, 3.05) is 6.61 Å². The third-order valence-corrected chi connectivity index (χ3v) is 2.65. The van der Waals surface area contributed by atoms with E-state index < -0.39 is 41.7 Å². The van der Waals surface area contributed by atoms with Crippen LogP contribution in [0.1, 0.15) is 23.2 Å². The molecule has 0 spiro atoms. The summed E-state index contributed by atoms with van der Waals surface area (Å²) in [5, 5.41) is 4.47. The molecule has 1 aromatic carbocycles. The number of carbonyl (C=O) groups excluding carboxylic acids is 3. The number of rotatable bonds is 4. The van der Waals surface area contributed by atoms with Crippen molar-refractivity contribution in [3.63, 3.8) is 0 Å². The summed E-state index contributed by atoms with van der Waals surface area (Å²) in [7, 11) is 0. The molecule has 1 fully saturated rings. The zero-order chi connectivity index (χ0) is 15.4. The highest BCUT2D eigenvalue weighted by Crippen LogP contribution is 2.18. The van der Waals surface area contributed by atoms with Crippen molar-refractivity contribution in [2.45, 2.75) is 18.9 Å². The van der Waals surface area contributed by atoms with Crippen LogP contribution in [-0.2, 0) is 9.53 Å². The summed E-state index contributed by atoms with van der Waals surface area (Å²) in [6.07, 6.45) is 1.72. The molecule has 1 aliphatic rings. The number of nitrogens with one attached hydrogen (secondary N) is 2. The Hall–Kier alpha value is -2.51. The average Bonchev–Trinajstić information content (AvgIpc) is 3.19. The highest BCUT2D eigenvalue weighted by atomic mass is 19.1. The van der Waals surface area contributed by atoms with Crippen LogP contribution in [0.15, 0.2) is 18.2 Å². The number of amides is 3. The second-order valence-electron chi connectivity index (χ2n) is 4.50. The first-order chi connectivity index (χ1) is 9.95. The molecule has 0 radical (unpaired) electrons. The van der Waals surface area contributed by atoms with Gasteiger partial charge in [-0.1, -0.05) is 0 Å². The minimum absolute atomic E-state index is 0.0775. The molecule has 0 heterocycles. The fourth-order valence-corrected chi connectivity index (χ4v) is 1.48. The van der Waals surface area contributed by atoms with Crippen molar-refractivity contribution in [3.8, 4) is 0 Å². The smallest absolute Gasteiger partial charge is 0.341 e. The molecular formula is C13H12F2N2O4. The quantitative estimate of drug-likeness (QED) is 0.816. The monoisotopic (exact) mass is 298 g/mol. The van der Waals surface area contributed by atoms with E-state index in [-0.39, 0.29) is 6.04 Å². The van der Waals surface area contributed by atoms with Crippen LogP contribution in [0.5, 0.6) is 0 Å². The number of benzene rings is 1. The molecule has 21 heavy (non-hydrogen) atoms. The van der Waals surface area contributed by atoms with Gasteiger partial charge in [-0.3, -0.25) is 10.1 Å². The number of halogens is 2. The standard InChI is InChI=1S/C13H12F2N2O4/c14-7-1-4-9(10(15)5-7)12(19)21-6-11(18)17-13(20)16-8-2-3-8/h1,4-5,8H,2-3,6H2,(H2,16,17,18,20). The van der Waals surface area contributed by atoms with Crippen molar-refractivity contribution in [3.05, 3.63) is 35.4 Å². The summed E-state index contributed by atoms with van der Waals surface area (Å²) in [5.74, 6) is -3.89. The molecule has 6 nitrogen and oxygen atoms in total. The molecule has 0 aliphatic heterocycles.